The highest BCUT2D eigenvalue weighted by atomic mass is 16.6. The summed E-state index contributed by atoms with van der Waals surface area (Å²) in [5.41, 5.74) is -0.401. The zero-order valence-electron chi connectivity index (χ0n) is 11.1. The van der Waals surface area contributed by atoms with Crippen LogP contribution in [-0.2, 0) is 4.79 Å². The van der Waals surface area contributed by atoms with Crippen LogP contribution in [0.15, 0.2) is 18.3 Å². The first kappa shape index (κ1) is 13.0. The van der Waals surface area contributed by atoms with Crippen LogP contribution in [0.25, 0.3) is 0 Å². The maximum atomic E-state index is 12.0. The van der Waals surface area contributed by atoms with Gasteiger partial charge in [0.2, 0.25) is 5.75 Å². The first-order chi connectivity index (χ1) is 9.63. The number of ether oxygens (including phenoxy) is 1. The third-order valence-corrected chi connectivity index (χ3v) is 4.48. The maximum absolute atomic E-state index is 12.0. The molecule has 1 aromatic heterocycles. The van der Waals surface area contributed by atoms with E-state index in [1.54, 1.807) is 12.1 Å². The molecule has 6 nitrogen and oxygen atoms in total. The lowest BCUT2D eigenvalue weighted by Gasteiger charge is -2.49. The highest BCUT2D eigenvalue weighted by molar-refractivity contribution is 5.92. The lowest BCUT2D eigenvalue weighted by Crippen LogP contribution is -2.57. The van der Waals surface area contributed by atoms with Crippen LogP contribution in [0.4, 0.5) is 5.82 Å². The van der Waals surface area contributed by atoms with E-state index in [-0.39, 0.29) is 23.5 Å². The molecule has 0 aromatic carbocycles. The van der Waals surface area contributed by atoms with Crippen molar-refractivity contribution in [3.63, 3.8) is 0 Å². The third-order valence-electron chi connectivity index (χ3n) is 4.48. The van der Waals surface area contributed by atoms with Crippen molar-refractivity contribution in [2.24, 2.45) is 5.41 Å². The molecule has 0 N–H and O–H groups in total. The number of hydrogen-bond donors (Lipinski definition) is 0. The third kappa shape index (κ3) is 1.95. The van der Waals surface area contributed by atoms with Crippen LogP contribution in [0.2, 0.25) is 0 Å². The molecule has 1 spiro atoms. The van der Waals surface area contributed by atoms with Crippen LogP contribution >= 0.6 is 0 Å². The lowest BCUT2D eigenvalue weighted by molar-refractivity contribution is -0.390. The van der Waals surface area contributed by atoms with Crippen molar-refractivity contribution in [2.45, 2.75) is 44.6 Å². The van der Waals surface area contributed by atoms with E-state index < -0.39 is 10.3 Å². The van der Waals surface area contributed by atoms with Crippen LogP contribution in [0.1, 0.15) is 38.5 Å². The normalized spacial score (nSPS) is 24.2. The fraction of sp³-hybridized carbons (Fsp3) is 0.571. The van der Waals surface area contributed by atoms with Gasteiger partial charge in [-0.1, -0.05) is 19.3 Å². The largest absolute Gasteiger partial charge is 0.481 e. The molecule has 106 valence electrons. The van der Waals surface area contributed by atoms with Gasteiger partial charge in [-0.2, -0.15) is 0 Å². The molecule has 1 unspecified atom stereocenters. The summed E-state index contributed by atoms with van der Waals surface area (Å²) in [6.45, 7) is 0. The van der Waals surface area contributed by atoms with E-state index in [0.717, 1.165) is 32.1 Å². The minimum absolute atomic E-state index is 0.167. The fourth-order valence-electron chi connectivity index (χ4n) is 3.32. The first-order valence-electron chi connectivity index (χ1n) is 6.93. The zero-order valence-corrected chi connectivity index (χ0v) is 11.1. The van der Waals surface area contributed by atoms with Crippen molar-refractivity contribution in [1.29, 1.82) is 0 Å². The number of nitro groups is 1. The van der Waals surface area contributed by atoms with Gasteiger partial charge in [-0.05, 0) is 34.9 Å². The van der Waals surface area contributed by atoms with E-state index in [1.807, 2.05) is 0 Å². The zero-order chi connectivity index (χ0) is 14.2. The van der Waals surface area contributed by atoms with Crippen LogP contribution < -0.4 is 4.74 Å². The molecule has 20 heavy (non-hydrogen) atoms. The van der Waals surface area contributed by atoms with Gasteiger partial charge in [0.15, 0.2) is 0 Å². The van der Waals surface area contributed by atoms with E-state index in [1.165, 1.54) is 6.20 Å². The molecule has 3 rings (SSSR count). The van der Waals surface area contributed by atoms with Crippen molar-refractivity contribution in [1.82, 2.24) is 4.98 Å². The van der Waals surface area contributed by atoms with Gasteiger partial charge in [0.05, 0.1) is 5.41 Å². The Morgan fingerprint density at radius 1 is 1.35 bits per heavy atom. The van der Waals surface area contributed by atoms with Crippen molar-refractivity contribution in [3.05, 3.63) is 28.4 Å². The molecule has 1 aromatic rings. The Hall–Kier alpha value is -1.98. The smallest absolute Gasteiger partial charge is 0.406 e. The highest BCUT2D eigenvalue weighted by Crippen LogP contribution is 2.50. The highest BCUT2D eigenvalue weighted by Gasteiger charge is 2.56. The van der Waals surface area contributed by atoms with E-state index >= 15 is 0 Å². The lowest BCUT2D eigenvalue weighted by atomic mass is 9.57. The number of Topliss-reactive ketones (excluding diaryl/α,β-unsaturated/α-hetero) is 1. The number of aromatic nitrogens is 1. The summed E-state index contributed by atoms with van der Waals surface area (Å²) in [6, 6.07) is 3.15. The molecule has 1 heterocycles. The predicted molar refractivity (Wildman–Crippen MR) is 70.4 cm³/mol. The van der Waals surface area contributed by atoms with Gasteiger partial charge in [0, 0.05) is 6.42 Å². The maximum Gasteiger partial charge on any atom is 0.406 e. The first-order valence-corrected chi connectivity index (χ1v) is 6.93. The summed E-state index contributed by atoms with van der Waals surface area (Å²) in [5, 5.41) is 10.9. The Labute approximate surface area is 116 Å². The average Bonchev–Trinajstić information content (AvgIpc) is 2.48. The Bertz CT molecular complexity index is 552. The second kappa shape index (κ2) is 4.85. The molecule has 6 heteroatoms. The molecule has 2 aliphatic carbocycles. The Balaban J connectivity index is 1.82. The average molecular weight is 276 g/mol. The van der Waals surface area contributed by atoms with Gasteiger partial charge in [0.1, 0.15) is 18.1 Å². The number of rotatable bonds is 3. The quantitative estimate of drug-likeness (QED) is 0.626. The molecule has 1 atom stereocenters. The van der Waals surface area contributed by atoms with Crippen LogP contribution in [0, 0.1) is 15.5 Å². The monoisotopic (exact) mass is 276 g/mol. The number of nitrogens with zero attached hydrogens (tertiary/aromatic N) is 2. The minimum Gasteiger partial charge on any atom is -0.481 e. The van der Waals surface area contributed by atoms with E-state index in [4.69, 9.17) is 4.74 Å². The molecule has 0 amide bonds. The molecule has 2 saturated carbocycles. The minimum atomic E-state index is -0.552. The van der Waals surface area contributed by atoms with Crippen LogP contribution in [0.5, 0.6) is 5.75 Å². The van der Waals surface area contributed by atoms with E-state index in [2.05, 4.69) is 4.98 Å². The standard InChI is InChI=1S/C14H16N2O4/c17-11-9-12(14(11)6-2-1-3-7-14)20-10-5-4-8-15-13(10)16(18)19/h4-5,8,12H,1-3,6-7,9H2. The molecule has 0 saturated heterocycles. The number of pyridine rings is 1. The number of ketones is 1. The summed E-state index contributed by atoms with van der Waals surface area (Å²) < 4.78 is 5.78. The molecular formula is C14H16N2O4. The molecule has 2 fully saturated rings. The molecule has 0 radical (unpaired) electrons. The SMILES string of the molecule is O=C1CC(Oc2cccnc2[N+](=O)[O-])C12CCCCC2. The van der Waals surface area contributed by atoms with Crippen molar-refractivity contribution in [3.8, 4) is 5.75 Å². The van der Waals surface area contributed by atoms with E-state index in [0.29, 0.717) is 6.42 Å². The molecular weight excluding hydrogens is 260 g/mol. The fourth-order valence-corrected chi connectivity index (χ4v) is 3.32. The topological polar surface area (TPSA) is 82.3 Å². The summed E-state index contributed by atoms with van der Waals surface area (Å²) >= 11 is 0. The van der Waals surface area contributed by atoms with Crippen molar-refractivity contribution in [2.75, 3.05) is 0 Å². The predicted octanol–water partition coefficient (Wildman–Crippen LogP) is 2.66. The molecule has 2 aliphatic rings. The second-order valence-corrected chi connectivity index (χ2v) is 5.53. The van der Waals surface area contributed by atoms with Gasteiger partial charge in [-0.3, -0.25) is 4.79 Å². The van der Waals surface area contributed by atoms with Crippen LogP contribution in [-0.4, -0.2) is 21.8 Å². The molecule has 0 bridgehead atoms. The Morgan fingerprint density at radius 2 is 2.10 bits per heavy atom. The van der Waals surface area contributed by atoms with Gasteiger partial charge in [-0.25, -0.2) is 0 Å². The van der Waals surface area contributed by atoms with Crippen LogP contribution in [0.3, 0.4) is 0 Å². The van der Waals surface area contributed by atoms with Gasteiger partial charge in [-0.15, -0.1) is 0 Å². The summed E-state index contributed by atoms with van der Waals surface area (Å²) in [7, 11) is 0. The summed E-state index contributed by atoms with van der Waals surface area (Å²) in [4.78, 5) is 26.1. The number of hydrogen-bond acceptors (Lipinski definition) is 5. The van der Waals surface area contributed by atoms with Gasteiger partial charge >= 0.3 is 5.82 Å². The summed E-state index contributed by atoms with van der Waals surface area (Å²) in [6.07, 6.45) is 6.36. The Kier molecular flexibility index (Phi) is 3.16. The van der Waals surface area contributed by atoms with Crippen molar-refractivity contribution < 1.29 is 14.5 Å². The summed E-state index contributed by atoms with van der Waals surface area (Å²) in [5.74, 6) is 0.131. The van der Waals surface area contributed by atoms with E-state index in [9.17, 15) is 14.9 Å². The second-order valence-electron chi connectivity index (χ2n) is 5.53. The molecule has 0 aliphatic heterocycles. The Morgan fingerprint density at radius 3 is 2.75 bits per heavy atom. The number of carbonyl (C=O) groups is 1. The van der Waals surface area contributed by atoms with Crippen molar-refractivity contribution >= 4 is 11.6 Å². The number of carbonyl (C=O) groups excluding carboxylic acids is 1. The van der Waals surface area contributed by atoms with Gasteiger partial charge < -0.3 is 14.9 Å². The van der Waals surface area contributed by atoms with Gasteiger partial charge in [0.25, 0.3) is 0 Å².